The van der Waals surface area contributed by atoms with Crippen molar-refractivity contribution in [1.82, 2.24) is 5.43 Å². The summed E-state index contributed by atoms with van der Waals surface area (Å²) < 4.78 is 0. The Morgan fingerprint density at radius 2 is 1.74 bits per heavy atom. The minimum absolute atomic E-state index is 0.0643. The van der Waals surface area contributed by atoms with Crippen molar-refractivity contribution in [2.75, 3.05) is 5.01 Å². The Labute approximate surface area is 112 Å². The molecular formula is C16H16N2O. The predicted octanol–water partition coefficient (Wildman–Crippen LogP) is 2.98. The molecule has 0 saturated carbocycles. The van der Waals surface area contributed by atoms with Crippen LogP contribution >= 0.6 is 0 Å². The number of carbonyl (C=O) groups excluding carboxylic acids is 1. The zero-order valence-electron chi connectivity index (χ0n) is 10.8. The van der Waals surface area contributed by atoms with Gasteiger partial charge in [0.15, 0.2) is 0 Å². The molecule has 0 radical (unpaired) electrons. The fourth-order valence-corrected chi connectivity index (χ4v) is 2.42. The van der Waals surface area contributed by atoms with E-state index < -0.39 is 0 Å². The molecule has 1 atom stereocenters. The monoisotopic (exact) mass is 252 g/mol. The van der Waals surface area contributed by atoms with Crippen molar-refractivity contribution >= 4 is 11.6 Å². The number of hydrazine groups is 1. The van der Waals surface area contributed by atoms with Gasteiger partial charge in [0.25, 0.3) is 0 Å². The maximum absolute atomic E-state index is 11.7. The summed E-state index contributed by atoms with van der Waals surface area (Å²) in [6, 6.07) is 18.4. The van der Waals surface area contributed by atoms with Gasteiger partial charge in [0.2, 0.25) is 5.91 Å². The van der Waals surface area contributed by atoms with Crippen LogP contribution in [0.5, 0.6) is 0 Å². The van der Waals surface area contributed by atoms with E-state index >= 15 is 0 Å². The first-order valence-electron chi connectivity index (χ1n) is 6.44. The number of anilines is 1. The Bertz CT molecular complexity index is 577. The summed E-state index contributed by atoms with van der Waals surface area (Å²) in [5.41, 5.74) is 6.32. The van der Waals surface area contributed by atoms with Crippen LogP contribution in [0.25, 0.3) is 0 Å². The predicted molar refractivity (Wildman–Crippen MR) is 75.6 cm³/mol. The molecule has 1 aliphatic rings. The molecule has 19 heavy (non-hydrogen) atoms. The largest absolute Gasteiger partial charge is 0.278 e. The van der Waals surface area contributed by atoms with Gasteiger partial charge in [0.1, 0.15) is 0 Å². The minimum Gasteiger partial charge on any atom is -0.278 e. The van der Waals surface area contributed by atoms with E-state index in [0.29, 0.717) is 6.42 Å². The van der Waals surface area contributed by atoms with Gasteiger partial charge in [0.05, 0.1) is 18.2 Å². The van der Waals surface area contributed by atoms with Gasteiger partial charge in [-0.1, -0.05) is 48.0 Å². The zero-order chi connectivity index (χ0) is 13.2. The summed E-state index contributed by atoms with van der Waals surface area (Å²) in [6.07, 6.45) is 0.498. The number of hydrogen-bond donors (Lipinski definition) is 1. The van der Waals surface area contributed by atoms with Gasteiger partial charge < -0.3 is 0 Å². The van der Waals surface area contributed by atoms with Crippen molar-refractivity contribution in [3.63, 3.8) is 0 Å². The van der Waals surface area contributed by atoms with E-state index in [1.165, 1.54) is 5.56 Å². The van der Waals surface area contributed by atoms with Crippen LogP contribution in [0.2, 0.25) is 0 Å². The highest BCUT2D eigenvalue weighted by atomic mass is 16.2. The summed E-state index contributed by atoms with van der Waals surface area (Å²) in [5.74, 6) is 0.0643. The second-order valence-electron chi connectivity index (χ2n) is 4.87. The maximum Gasteiger partial charge on any atom is 0.241 e. The Balaban J connectivity index is 1.95. The number of aryl methyl sites for hydroxylation is 1. The zero-order valence-corrected chi connectivity index (χ0v) is 10.8. The number of amides is 1. The Morgan fingerprint density at radius 1 is 1.05 bits per heavy atom. The lowest BCUT2D eigenvalue weighted by Crippen LogP contribution is -2.34. The third kappa shape index (κ3) is 2.32. The third-order valence-corrected chi connectivity index (χ3v) is 3.43. The Hall–Kier alpha value is -2.29. The number of hydrogen-bond acceptors (Lipinski definition) is 2. The molecule has 2 aromatic rings. The summed E-state index contributed by atoms with van der Waals surface area (Å²) in [4.78, 5) is 11.7. The van der Waals surface area contributed by atoms with Crippen LogP contribution in [0.1, 0.15) is 23.6 Å². The van der Waals surface area contributed by atoms with E-state index in [4.69, 9.17) is 0 Å². The molecule has 1 heterocycles. The van der Waals surface area contributed by atoms with E-state index in [0.717, 1.165) is 11.3 Å². The molecule has 0 aliphatic carbocycles. The molecule has 1 saturated heterocycles. The lowest BCUT2D eigenvalue weighted by atomic mass is 10.0. The first-order chi connectivity index (χ1) is 9.24. The van der Waals surface area contributed by atoms with Crippen molar-refractivity contribution in [1.29, 1.82) is 0 Å². The van der Waals surface area contributed by atoms with Crippen LogP contribution in [0.3, 0.4) is 0 Å². The van der Waals surface area contributed by atoms with Gasteiger partial charge in [-0.25, -0.2) is 0 Å². The van der Waals surface area contributed by atoms with Crippen LogP contribution in [-0.4, -0.2) is 5.91 Å². The molecule has 2 aromatic carbocycles. The maximum atomic E-state index is 11.7. The number of carbonyl (C=O) groups is 1. The highest BCUT2D eigenvalue weighted by Gasteiger charge is 2.31. The van der Waals surface area contributed by atoms with E-state index in [9.17, 15) is 4.79 Å². The SMILES string of the molecule is Cc1ccc(N2NC(=O)CC2c2ccccc2)cc1. The molecule has 3 heteroatoms. The van der Waals surface area contributed by atoms with Crippen molar-refractivity contribution in [3.8, 4) is 0 Å². The molecule has 96 valence electrons. The third-order valence-electron chi connectivity index (χ3n) is 3.43. The van der Waals surface area contributed by atoms with Crippen LogP contribution in [0.15, 0.2) is 54.6 Å². The van der Waals surface area contributed by atoms with Crippen molar-refractivity contribution < 1.29 is 4.79 Å². The first-order valence-corrected chi connectivity index (χ1v) is 6.44. The fourth-order valence-electron chi connectivity index (χ4n) is 2.42. The quantitative estimate of drug-likeness (QED) is 0.891. The van der Waals surface area contributed by atoms with Gasteiger partial charge in [0, 0.05) is 0 Å². The highest BCUT2D eigenvalue weighted by molar-refractivity contribution is 5.83. The molecule has 1 amide bonds. The molecule has 0 bridgehead atoms. The van der Waals surface area contributed by atoms with Gasteiger partial charge in [-0.15, -0.1) is 0 Å². The number of rotatable bonds is 2. The molecule has 1 N–H and O–H groups in total. The van der Waals surface area contributed by atoms with E-state index in [-0.39, 0.29) is 11.9 Å². The molecule has 1 fully saturated rings. The first kappa shape index (κ1) is 11.8. The van der Waals surface area contributed by atoms with Gasteiger partial charge in [-0.05, 0) is 24.6 Å². The van der Waals surface area contributed by atoms with Crippen molar-refractivity contribution in [2.45, 2.75) is 19.4 Å². The van der Waals surface area contributed by atoms with Crippen LogP contribution < -0.4 is 10.4 Å². The molecule has 3 nitrogen and oxygen atoms in total. The van der Waals surface area contributed by atoms with E-state index in [1.807, 2.05) is 35.3 Å². The Kier molecular flexibility index (Phi) is 2.95. The molecule has 0 aromatic heterocycles. The molecular weight excluding hydrogens is 236 g/mol. The Morgan fingerprint density at radius 3 is 2.42 bits per heavy atom. The average Bonchev–Trinajstić information content (AvgIpc) is 2.83. The van der Waals surface area contributed by atoms with Crippen LogP contribution in [-0.2, 0) is 4.79 Å². The van der Waals surface area contributed by atoms with Crippen LogP contribution in [0.4, 0.5) is 5.69 Å². The summed E-state index contributed by atoms with van der Waals surface area (Å²) in [6.45, 7) is 2.06. The number of nitrogens with one attached hydrogen (secondary N) is 1. The van der Waals surface area contributed by atoms with Crippen LogP contribution in [0, 0.1) is 6.92 Å². The molecule has 0 spiro atoms. The standard InChI is InChI=1S/C16H16N2O/c1-12-7-9-14(10-8-12)18-15(11-16(19)17-18)13-5-3-2-4-6-13/h2-10,15H,11H2,1H3,(H,17,19). The van der Waals surface area contributed by atoms with Crippen molar-refractivity contribution in [3.05, 3.63) is 65.7 Å². The number of benzene rings is 2. The molecule has 1 unspecified atom stereocenters. The average molecular weight is 252 g/mol. The lowest BCUT2D eigenvalue weighted by Gasteiger charge is -2.25. The van der Waals surface area contributed by atoms with Crippen molar-refractivity contribution in [2.24, 2.45) is 0 Å². The molecule has 1 aliphatic heterocycles. The second kappa shape index (κ2) is 4.76. The smallest absolute Gasteiger partial charge is 0.241 e. The topological polar surface area (TPSA) is 32.3 Å². The fraction of sp³-hybridized carbons (Fsp3) is 0.188. The summed E-state index contributed by atoms with van der Waals surface area (Å²) in [5, 5.41) is 1.96. The number of nitrogens with zero attached hydrogens (tertiary/aromatic N) is 1. The normalized spacial score (nSPS) is 18.5. The second-order valence-corrected chi connectivity index (χ2v) is 4.87. The summed E-state index contributed by atoms with van der Waals surface area (Å²) in [7, 11) is 0. The highest BCUT2D eigenvalue weighted by Crippen LogP contribution is 2.31. The van der Waals surface area contributed by atoms with E-state index in [1.54, 1.807) is 0 Å². The van der Waals surface area contributed by atoms with E-state index in [2.05, 4.69) is 36.6 Å². The van der Waals surface area contributed by atoms with Gasteiger partial charge in [-0.2, -0.15) is 0 Å². The summed E-state index contributed by atoms with van der Waals surface area (Å²) >= 11 is 0. The van der Waals surface area contributed by atoms with Gasteiger partial charge in [-0.3, -0.25) is 15.2 Å². The van der Waals surface area contributed by atoms with Gasteiger partial charge >= 0.3 is 0 Å². The molecule has 3 rings (SSSR count). The minimum atomic E-state index is 0.0643. The lowest BCUT2D eigenvalue weighted by molar-refractivity contribution is -0.119.